The lowest BCUT2D eigenvalue weighted by Gasteiger charge is -2.26. The average molecular weight is 289 g/mol. The quantitative estimate of drug-likeness (QED) is 0.682. The molecule has 0 aromatic heterocycles. The van der Waals surface area contributed by atoms with Gasteiger partial charge in [0, 0.05) is 5.56 Å². The fourth-order valence-corrected chi connectivity index (χ4v) is 1.52. The molecule has 1 atom stereocenters. The molecule has 0 fully saturated rings. The van der Waals surface area contributed by atoms with Gasteiger partial charge in [-0.3, -0.25) is 4.79 Å². The topological polar surface area (TPSA) is 55.4 Å². The molecule has 1 amide bonds. The molecule has 110 valence electrons. The fourth-order valence-electron chi connectivity index (χ4n) is 1.52. The summed E-state index contributed by atoms with van der Waals surface area (Å²) >= 11 is 0. The summed E-state index contributed by atoms with van der Waals surface area (Å²) in [5.74, 6) is -6.22. The van der Waals surface area contributed by atoms with Crippen LogP contribution in [0.2, 0.25) is 0 Å². The third-order valence-electron chi connectivity index (χ3n) is 2.98. The Bertz CT molecular complexity index is 525. The first-order chi connectivity index (χ1) is 9.25. The zero-order valence-corrected chi connectivity index (χ0v) is 11.2. The number of rotatable bonds is 4. The second kappa shape index (κ2) is 5.94. The Kier molecular flexibility index (Phi) is 4.75. The normalized spacial score (nSPS) is 13.5. The van der Waals surface area contributed by atoms with Crippen molar-refractivity contribution in [2.75, 3.05) is 7.11 Å². The Balaban J connectivity index is 3.05. The number of amides is 1. The molecule has 4 nitrogen and oxygen atoms in total. The van der Waals surface area contributed by atoms with Crippen LogP contribution in [0.5, 0.6) is 0 Å². The summed E-state index contributed by atoms with van der Waals surface area (Å²) in [5, 5.41) is 2.31. The van der Waals surface area contributed by atoms with E-state index in [-0.39, 0.29) is 6.42 Å². The summed E-state index contributed by atoms with van der Waals surface area (Å²) < 4.78 is 43.5. The van der Waals surface area contributed by atoms with E-state index in [4.69, 9.17) is 0 Å². The van der Waals surface area contributed by atoms with Crippen LogP contribution in [-0.4, -0.2) is 24.5 Å². The highest BCUT2D eigenvalue weighted by Gasteiger charge is 2.34. The first kappa shape index (κ1) is 16.0. The molecular weight excluding hydrogens is 275 g/mol. The third kappa shape index (κ3) is 3.09. The van der Waals surface area contributed by atoms with E-state index in [2.05, 4.69) is 10.1 Å². The summed E-state index contributed by atoms with van der Waals surface area (Å²) in [5.41, 5.74) is -1.77. The lowest BCUT2D eigenvalue weighted by molar-refractivity contribution is -0.147. The van der Waals surface area contributed by atoms with Gasteiger partial charge in [0.25, 0.3) is 5.91 Å². The lowest BCUT2D eigenvalue weighted by atomic mass is 9.98. The first-order valence-electron chi connectivity index (χ1n) is 5.80. The third-order valence-corrected chi connectivity index (χ3v) is 2.98. The summed E-state index contributed by atoms with van der Waals surface area (Å²) in [7, 11) is 1.15. The molecule has 0 heterocycles. The van der Waals surface area contributed by atoms with E-state index in [9.17, 15) is 22.8 Å². The summed E-state index contributed by atoms with van der Waals surface area (Å²) in [6, 6.07) is 1.11. The smallest absolute Gasteiger partial charge is 0.331 e. The number of carbonyl (C=O) groups excluding carboxylic acids is 2. The standard InChI is InChI=1S/C13H14F3NO3/c1-4-13(2,12(19)20-3)17-11(18)7-5-8(14)10(16)9(15)6-7/h5-6H,4H2,1-3H3,(H,17,18)/t13-/m1/s1. The van der Waals surface area contributed by atoms with Crippen LogP contribution in [-0.2, 0) is 9.53 Å². The van der Waals surface area contributed by atoms with Gasteiger partial charge >= 0.3 is 5.97 Å². The molecule has 0 aliphatic carbocycles. The lowest BCUT2D eigenvalue weighted by Crippen LogP contribution is -2.52. The Morgan fingerprint density at radius 3 is 2.15 bits per heavy atom. The highest BCUT2D eigenvalue weighted by Crippen LogP contribution is 2.16. The number of halogens is 3. The van der Waals surface area contributed by atoms with Crippen molar-refractivity contribution in [3.8, 4) is 0 Å². The van der Waals surface area contributed by atoms with Crippen LogP contribution in [0.4, 0.5) is 13.2 Å². The van der Waals surface area contributed by atoms with Crippen molar-refractivity contribution in [1.82, 2.24) is 5.32 Å². The maximum atomic E-state index is 13.1. The predicted molar refractivity (Wildman–Crippen MR) is 64.5 cm³/mol. The fraction of sp³-hybridized carbons (Fsp3) is 0.385. The van der Waals surface area contributed by atoms with Crippen molar-refractivity contribution in [3.05, 3.63) is 35.1 Å². The van der Waals surface area contributed by atoms with Crippen LogP contribution in [0.1, 0.15) is 30.6 Å². The molecule has 1 N–H and O–H groups in total. The highest BCUT2D eigenvalue weighted by molar-refractivity contribution is 5.98. The van der Waals surface area contributed by atoms with Crippen LogP contribution >= 0.6 is 0 Å². The summed E-state index contributed by atoms with van der Waals surface area (Å²) in [4.78, 5) is 23.5. The molecule has 0 bridgehead atoms. The van der Waals surface area contributed by atoms with Gasteiger partial charge in [-0.25, -0.2) is 18.0 Å². The van der Waals surface area contributed by atoms with E-state index in [1.165, 1.54) is 6.92 Å². The Morgan fingerprint density at radius 2 is 1.75 bits per heavy atom. The van der Waals surface area contributed by atoms with Crippen molar-refractivity contribution in [3.63, 3.8) is 0 Å². The van der Waals surface area contributed by atoms with Crippen LogP contribution in [0.15, 0.2) is 12.1 Å². The molecule has 0 unspecified atom stereocenters. The van der Waals surface area contributed by atoms with Gasteiger partial charge in [-0.2, -0.15) is 0 Å². The van der Waals surface area contributed by atoms with Crippen LogP contribution in [0.3, 0.4) is 0 Å². The maximum absolute atomic E-state index is 13.1. The van der Waals surface area contributed by atoms with E-state index >= 15 is 0 Å². The molecule has 1 aromatic rings. The Hall–Kier alpha value is -2.05. The SMILES string of the molecule is CC[C@@](C)(NC(=O)c1cc(F)c(F)c(F)c1)C(=O)OC. The van der Waals surface area contributed by atoms with Crippen molar-refractivity contribution in [2.24, 2.45) is 0 Å². The minimum Gasteiger partial charge on any atom is -0.467 e. The molecule has 0 aliphatic heterocycles. The monoisotopic (exact) mass is 289 g/mol. The van der Waals surface area contributed by atoms with Crippen LogP contribution in [0, 0.1) is 17.5 Å². The predicted octanol–water partition coefficient (Wildman–Crippen LogP) is 2.18. The van der Waals surface area contributed by atoms with Crippen molar-refractivity contribution < 1.29 is 27.5 Å². The molecule has 0 radical (unpaired) electrons. The second-order valence-corrected chi connectivity index (χ2v) is 4.39. The number of hydrogen-bond donors (Lipinski definition) is 1. The second-order valence-electron chi connectivity index (χ2n) is 4.39. The van der Waals surface area contributed by atoms with Gasteiger partial charge < -0.3 is 10.1 Å². The van der Waals surface area contributed by atoms with Gasteiger partial charge in [0.15, 0.2) is 17.5 Å². The molecule has 0 saturated carbocycles. The van der Waals surface area contributed by atoms with Crippen molar-refractivity contribution >= 4 is 11.9 Å². The van der Waals surface area contributed by atoms with E-state index < -0.39 is 40.4 Å². The highest BCUT2D eigenvalue weighted by atomic mass is 19.2. The van der Waals surface area contributed by atoms with Crippen LogP contribution < -0.4 is 5.32 Å². The van der Waals surface area contributed by atoms with Gasteiger partial charge in [0.05, 0.1) is 7.11 Å². The largest absolute Gasteiger partial charge is 0.467 e. The molecule has 1 rings (SSSR count). The van der Waals surface area contributed by atoms with Crippen molar-refractivity contribution in [1.29, 1.82) is 0 Å². The van der Waals surface area contributed by atoms with E-state index in [0.717, 1.165) is 7.11 Å². The summed E-state index contributed by atoms with van der Waals surface area (Å²) in [6.07, 6.45) is 0.206. The molecule has 0 saturated heterocycles. The van der Waals surface area contributed by atoms with Gasteiger partial charge in [-0.05, 0) is 25.5 Å². The average Bonchev–Trinajstić information content (AvgIpc) is 2.42. The molecule has 20 heavy (non-hydrogen) atoms. The van der Waals surface area contributed by atoms with Gasteiger partial charge in [-0.15, -0.1) is 0 Å². The number of methoxy groups -OCH3 is 1. The van der Waals surface area contributed by atoms with E-state index in [0.29, 0.717) is 12.1 Å². The minimum absolute atomic E-state index is 0.206. The minimum atomic E-state index is -1.66. The van der Waals surface area contributed by atoms with Gasteiger partial charge in [0.2, 0.25) is 0 Å². The molecule has 7 heteroatoms. The number of benzene rings is 1. The van der Waals surface area contributed by atoms with Gasteiger partial charge in [-0.1, -0.05) is 6.92 Å². The number of nitrogens with one attached hydrogen (secondary N) is 1. The van der Waals surface area contributed by atoms with Gasteiger partial charge in [0.1, 0.15) is 5.54 Å². The molecular formula is C13H14F3NO3. The number of esters is 1. The molecule has 1 aromatic carbocycles. The van der Waals surface area contributed by atoms with E-state index in [1.54, 1.807) is 6.92 Å². The van der Waals surface area contributed by atoms with E-state index in [1.807, 2.05) is 0 Å². The van der Waals surface area contributed by atoms with Crippen molar-refractivity contribution in [2.45, 2.75) is 25.8 Å². The number of hydrogen-bond acceptors (Lipinski definition) is 3. The molecule has 0 aliphatic rings. The number of ether oxygens (including phenoxy) is 1. The molecule has 0 spiro atoms. The van der Waals surface area contributed by atoms with Crippen LogP contribution in [0.25, 0.3) is 0 Å². The number of carbonyl (C=O) groups is 2. The summed E-state index contributed by atoms with van der Waals surface area (Å²) in [6.45, 7) is 3.04. The zero-order chi connectivity index (χ0) is 15.5. The Labute approximate surface area is 113 Å². The maximum Gasteiger partial charge on any atom is 0.331 e. The first-order valence-corrected chi connectivity index (χ1v) is 5.80. The Morgan fingerprint density at radius 1 is 1.25 bits per heavy atom. The zero-order valence-electron chi connectivity index (χ0n) is 11.2.